The lowest BCUT2D eigenvalue weighted by molar-refractivity contribution is -0.128. The van der Waals surface area contributed by atoms with Crippen LogP contribution in [0, 0.1) is 6.92 Å². The molecule has 3 heterocycles. The van der Waals surface area contributed by atoms with Gasteiger partial charge in [-0.15, -0.1) is 0 Å². The maximum atomic E-state index is 13.6. The third-order valence-electron chi connectivity index (χ3n) is 5.82. The number of hydrogen-bond donors (Lipinski definition) is 0. The van der Waals surface area contributed by atoms with Crippen molar-refractivity contribution >= 4 is 23.2 Å². The average molecular weight is 409 g/mol. The van der Waals surface area contributed by atoms with Crippen LogP contribution in [-0.4, -0.2) is 53.5 Å². The summed E-state index contributed by atoms with van der Waals surface area (Å²) in [7, 11) is 2.10. The predicted molar refractivity (Wildman–Crippen MR) is 115 cm³/mol. The lowest BCUT2D eigenvalue weighted by Crippen LogP contribution is -2.49. The first-order chi connectivity index (χ1) is 14.5. The van der Waals surface area contributed by atoms with Crippen molar-refractivity contribution in [3.05, 3.63) is 54.0 Å². The molecule has 1 aromatic heterocycles. The third kappa shape index (κ3) is 4.46. The van der Waals surface area contributed by atoms with Gasteiger partial charge in [0.15, 0.2) is 0 Å². The van der Waals surface area contributed by atoms with Gasteiger partial charge in [-0.05, 0) is 69.7 Å². The zero-order valence-electron chi connectivity index (χ0n) is 17.6. The Morgan fingerprint density at radius 2 is 2.00 bits per heavy atom. The van der Waals surface area contributed by atoms with Crippen molar-refractivity contribution < 1.29 is 14.0 Å². The first-order valence-corrected chi connectivity index (χ1v) is 10.5. The summed E-state index contributed by atoms with van der Waals surface area (Å²) in [6, 6.07) is 11.5. The van der Waals surface area contributed by atoms with E-state index in [4.69, 9.17) is 4.42 Å². The SMILES string of the molecule is Cc1cccc(N2N=C(C(=O)N(Cc3ccco3)C3CCN(C)CC3)CCC2=O)c1. The number of furan rings is 1. The van der Waals surface area contributed by atoms with Gasteiger partial charge in [-0.25, -0.2) is 5.01 Å². The minimum absolute atomic E-state index is 0.0889. The van der Waals surface area contributed by atoms with E-state index in [1.165, 1.54) is 5.01 Å². The normalized spacial score (nSPS) is 18.4. The first kappa shape index (κ1) is 20.3. The Hall–Kier alpha value is -2.93. The Bertz CT molecular complexity index is 930. The number of carbonyl (C=O) groups is 2. The van der Waals surface area contributed by atoms with E-state index >= 15 is 0 Å². The van der Waals surface area contributed by atoms with Gasteiger partial charge in [0.1, 0.15) is 11.5 Å². The highest BCUT2D eigenvalue weighted by atomic mass is 16.3. The van der Waals surface area contributed by atoms with Gasteiger partial charge in [0.05, 0.1) is 18.5 Å². The molecule has 2 aliphatic heterocycles. The van der Waals surface area contributed by atoms with Crippen molar-refractivity contribution in [2.75, 3.05) is 25.1 Å². The van der Waals surface area contributed by atoms with Crippen LogP contribution in [0.15, 0.2) is 52.2 Å². The van der Waals surface area contributed by atoms with E-state index in [2.05, 4.69) is 17.0 Å². The summed E-state index contributed by atoms with van der Waals surface area (Å²) in [5.41, 5.74) is 2.17. The van der Waals surface area contributed by atoms with Crippen LogP contribution >= 0.6 is 0 Å². The molecular weight excluding hydrogens is 380 g/mol. The molecule has 0 unspecified atom stereocenters. The van der Waals surface area contributed by atoms with Gasteiger partial charge >= 0.3 is 0 Å². The highest BCUT2D eigenvalue weighted by Gasteiger charge is 2.33. The highest BCUT2D eigenvalue weighted by molar-refractivity contribution is 6.40. The van der Waals surface area contributed by atoms with E-state index in [0.29, 0.717) is 24.4 Å². The fourth-order valence-electron chi connectivity index (χ4n) is 4.08. The fourth-order valence-corrected chi connectivity index (χ4v) is 4.08. The smallest absolute Gasteiger partial charge is 0.270 e. The minimum Gasteiger partial charge on any atom is -0.467 e. The number of carbonyl (C=O) groups excluding carboxylic acids is 2. The van der Waals surface area contributed by atoms with Crippen molar-refractivity contribution in [1.29, 1.82) is 0 Å². The summed E-state index contributed by atoms with van der Waals surface area (Å²) in [4.78, 5) is 30.2. The zero-order chi connectivity index (χ0) is 21.1. The third-order valence-corrected chi connectivity index (χ3v) is 5.82. The number of likely N-dealkylation sites (tertiary alicyclic amines) is 1. The lowest BCUT2D eigenvalue weighted by Gasteiger charge is -2.37. The summed E-state index contributed by atoms with van der Waals surface area (Å²) in [5.74, 6) is 0.561. The van der Waals surface area contributed by atoms with Crippen LogP contribution < -0.4 is 5.01 Å². The first-order valence-electron chi connectivity index (χ1n) is 10.5. The van der Waals surface area contributed by atoms with Crippen LogP contribution in [0.1, 0.15) is 37.0 Å². The van der Waals surface area contributed by atoms with Crippen molar-refractivity contribution in [1.82, 2.24) is 9.80 Å². The maximum absolute atomic E-state index is 13.6. The molecular formula is C23H28N4O3. The average Bonchev–Trinajstić information content (AvgIpc) is 3.26. The summed E-state index contributed by atoms with van der Waals surface area (Å²) in [6.07, 6.45) is 4.10. The van der Waals surface area contributed by atoms with Gasteiger partial charge in [0.2, 0.25) is 5.91 Å². The molecule has 2 aromatic rings. The molecule has 7 heteroatoms. The molecule has 0 spiro atoms. The van der Waals surface area contributed by atoms with E-state index in [1.54, 1.807) is 6.26 Å². The topological polar surface area (TPSA) is 69.4 Å². The molecule has 0 radical (unpaired) electrons. The number of hydrazone groups is 1. The number of hydrogen-bond acceptors (Lipinski definition) is 5. The van der Waals surface area contributed by atoms with E-state index in [1.807, 2.05) is 48.2 Å². The van der Waals surface area contributed by atoms with E-state index in [0.717, 1.165) is 37.3 Å². The standard InChI is InChI=1S/C23H28N4O3/c1-17-5-3-6-19(15-17)27-22(28)9-8-21(24-27)23(29)26(16-20-7-4-14-30-20)18-10-12-25(2)13-11-18/h3-7,14-15,18H,8-13,16H2,1-2H3. The number of piperidine rings is 1. The largest absolute Gasteiger partial charge is 0.467 e. The quantitative estimate of drug-likeness (QED) is 0.762. The van der Waals surface area contributed by atoms with E-state index in [9.17, 15) is 9.59 Å². The Labute approximate surface area is 176 Å². The summed E-state index contributed by atoms with van der Waals surface area (Å²) in [5, 5.41) is 5.88. The number of anilines is 1. The molecule has 2 aliphatic rings. The van der Waals surface area contributed by atoms with Crippen LogP contribution in [0.5, 0.6) is 0 Å². The second-order valence-electron chi connectivity index (χ2n) is 8.14. The van der Waals surface area contributed by atoms with Gasteiger partial charge < -0.3 is 14.2 Å². The van der Waals surface area contributed by atoms with Crippen molar-refractivity contribution in [2.45, 2.75) is 45.2 Å². The molecule has 158 valence electrons. The minimum atomic E-state index is -0.105. The maximum Gasteiger partial charge on any atom is 0.270 e. The van der Waals surface area contributed by atoms with Gasteiger partial charge in [0, 0.05) is 18.9 Å². The summed E-state index contributed by atoms with van der Waals surface area (Å²) in [6.45, 7) is 4.29. The highest BCUT2D eigenvalue weighted by Crippen LogP contribution is 2.24. The van der Waals surface area contributed by atoms with Crippen LogP contribution in [0.25, 0.3) is 0 Å². The van der Waals surface area contributed by atoms with Gasteiger partial charge in [-0.2, -0.15) is 5.10 Å². The summed E-state index contributed by atoms with van der Waals surface area (Å²) < 4.78 is 5.53. The molecule has 1 saturated heterocycles. The van der Waals surface area contributed by atoms with Crippen molar-refractivity contribution in [3.8, 4) is 0 Å². The zero-order valence-corrected chi connectivity index (χ0v) is 17.6. The molecule has 2 amide bonds. The van der Waals surface area contributed by atoms with Crippen molar-refractivity contribution in [3.63, 3.8) is 0 Å². The Balaban J connectivity index is 1.60. The summed E-state index contributed by atoms with van der Waals surface area (Å²) >= 11 is 0. The van der Waals surface area contributed by atoms with Gasteiger partial charge in [0.25, 0.3) is 5.91 Å². The van der Waals surface area contributed by atoms with Crippen LogP contribution in [0.4, 0.5) is 5.69 Å². The van der Waals surface area contributed by atoms with E-state index in [-0.39, 0.29) is 24.3 Å². The van der Waals surface area contributed by atoms with Gasteiger partial charge in [-0.3, -0.25) is 9.59 Å². The number of aryl methyl sites for hydroxylation is 1. The second-order valence-corrected chi connectivity index (χ2v) is 8.14. The molecule has 0 aliphatic carbocycles. The lowest BCUT2D eigenvalue weighted by atomic mass is 10.0. The number of amides is 2. The molecule has 0 N–H and O–H groups in total. The molecule has 1 fully saturated rings. The Morgan fingerprint density at radius 1 is 1.20 bits per heavy atom. The van der Waals surface area contributed by atoms with Crippen LogP contribution in [0.2, 0.25) is 0 Å². The molecule has 7 nitrogen and oxygen atoms in total. The second kappa shape index (κ2) is 8.83. The fraction of sp³-hybridized carbons (Fsp3) is 0.435. The molecule has 4 rings (SSSR count). The molecule has 0 saturated carbocycles. The van der Waals surface area contributed by atoms with Crippen LogP contribution in [-0.2, 0) is 16.1 Å². The molecule has 0 atom stereocenters. The van der Waals surface area contributed by atoms with Gasteiger partial charge in [-0.1, -0.05) is 12.1 Å². The number of benzene rings is 1. The Morgan fingerprint density at radius 3 is 2.70 bits per heavy atom. The monoisotopic (exact) mass is 408 g/mol. The van der Waals surface area contributed by atoms with Crippen LogP contribution in [0.3, 0.4) is 0 Å². The molecule has 30 heavy (non-hydrogen) atoms. The molecule has 1 aromatic carbocycles. The number of nitrogens with zero attached hydrogens (tertiary/aromatic N) is 4. The number of rotatable bonds is 5. The Kier molecular flexibility index (Phi) is 5.99. The van der Waals surface area contributed by atoms with Crippen molar-refractivity contribution in [2.24, 2.45) is 5.10 Å². The van der Waals surface area contributed by atoms with E-state index < -0.39 is 0 Å². The molecule has 0 bridgehead atoms. The predicted octanol–water partition coefficient (Wildman–Crippen LogP) is 3.19.